The molecular weight excluding hydrogens is 334 g/mol. The highest BCUT2D eigenvalue weighted by atomic mass is 79.9. The molecule has 2 rings (SSSR count). The van der Waals surface area contributed by atoms with Crippen LogP contribution >= 0.6 is 27.7 Å². The minimum Gasteiger partial charge on any atom is -0.548 e. The zero-order valence-electron chi connectivity index (χ0n) is 9.46. The summed E-state index contributed by atoms with van der Waals surface area (Å²) in [6.45, 7) is -0.720. The van der Waals surface area contributed by atoms with E-state index >= 15 is 0 Å². The zero-order chi connectivity index (χ0) is 14.0. The van der Waals surface area contributed by atoms with Crippen molar-refractivity contribution in [2.24, 2.45) is 0 Å². The number of nitrogens with zero attached hydrogens (tertiary/aromatic N) is 1. The Morgan fingerprint density at radius 2 is 1.95 bits per heavy atom. The number of aliphatic carboxylic acids is 1. The fraction of sp³-hybridized carbons (Fsp3) is 0.0833. The van der Waals surface area contributed by atoms with Crippen LogP contribution in [0, 0.1) is 0 Å². The van der Waals surface area contributed by atoms with Crippen LogP contribution in [0.15, 0.2) is 33.6 Å². The Hall–Kier alpha value is -1.60. The molecule has 1 heterocycles. The lowest BCUT2D eigenvalue weighted by molar-refractivity contribution is -0.305. The Labute approximate surface area is 121 Å². The standard InChI is InChI=1S/C12H8BrNO4S/c13-8-3-1-7(2-4-8)5-9-11(17)14(6-10(15)16)12(18)19-9/h1-5H,6H2,(H,15,16)/p-1/b9-5+. The van der Waals surface area contributed by atoms with E-state index in [0.29, 0.717) is 4.90 Å². The van der Waals surface area contributed by atoms with E-state index < -0.39 is 23.7 Å². The van der Waals surface area contributed by atoms with Crippen molar-refractivity contribution >= 4 is 50.9 Å². The summed E-state index contributed by atoms with van der Waals surface area (Å²) in [4.78, 5) is 34.7. The molecule has 0 N–H and O–H groups in total. The zero-order valence-corrected chi connectivity index (χ0v) is 11.9. The summed E-state index contributed by atoms with van der Waals surface area (Å²) >= 11 is 4.01. The van der Waals surface area contributed by atoms with E-state index in [-0.39, 0.29) is 4.91 Å². The average molecular weight is 341 g/mol. The Morgan fingerprint density at radius 3 is 2.53 bits per heavy atom. The van der Waals surface area contributed by atoms with Crippen molar-refractivity contribution in [3.8, 4) is 0 Å². The van der Waals surface area contributed by atoms with E-state index in [9.17, 15) is 19.5 Å². The molecule has 1 aromatic rings. The summed E-state index contributed by atoms with van der Waals surface area (Å²) in [5, 5.41) is 9.86. The minimum atomic E-state index is -1.47. The Kier molecular flexibility index (Phi) is 4.06. The molecule has 7 heteroatoms. The number of carboxylic acids is 1. The van der Waals surface area contributed by atoms with Crippen molar-refractivity contribution in [1.29, 1.82) is 0 Å². The molecule has 0 atom stereocenters. The van der Waals surface area contributed by atoms with Gasteiger partial charge in [0.2, 0.25) is 0 Å². The number of amides is 2. The van der Waals surface area contributed by atoms with Crippen molar-refractivity contribution in [2.45, 2.75) is 0 Å². The summed E-state index contributed by atoms with van der Waals surface area (Å²) < 4.78 is 0.898. The Balaban J connectivity index is 2.23. The first-order valence-electron chi connectivity index (χ1n) is 5.18. The maximum Gasteiger partial charge on any atom is 0.293 e. The molecule has 0 radical (unpaired) electrons. The number of hydrogen-bond acceptors (Lipinski definition) is 5. The summed E-state index contributed by atoms with van der Waals surface area (Å²) in [5.41, 5.74) is 0.752. The second kappa shape index (κ2) is 5.58. The second-order valence-electron chi connectivity index (χ2n) is 3.69. The molecule has 19 heavy (non-hydrogen) atoms. The van der Waals surface area contributed by atoms with Gasteiger partial charge in [-0.25, -0.2) is 0 Å². The lowest BCUT2D eigenvalue weighted by Gasteiger charge is -2.12. The molecule has 98 valence electrons. The summed E-state index contributed by atoms with van der Waals surface area (Å²) in [5.74, 6) is -2.07. The van der Waals surface area contributed by atoms with Gasteiger partial charge in [-0.15, -0.1) is 0 Å². The monoisotopic (exact) mass is 340 g/mol. The molecule has 0 aromatic heterocycles. The van der Waals surface area contributed by atoms with Gasteiger partial charge in [0.1, 0.15) is 0 Å². The van der Waals surface area contributed by atoms with Gasteiger partial charge < -0.3 is 9.90 Å². The molecule has 1 aromatic carbocycles. The van der Waals surface area contributed by atoms with E-state index in [1.165, 1.54) is 0 Å². The third-order valence-corrected chi connectivity index (χ3v) is 3.76. The highest BCUT2D eigenvalue weighted by molar-refractivity contribution is 9.10. The van der Waals surface area contributed by atoms with Crippen molar-refractivity contribution in [3.05, 3.63) is 39.2 Å². The molecule has 2 amide bonds. The van der Waals surface area contributed by atoms with E-state index in [4.69, 9.17) is 0 Å². The van der Waals surface area contributed by atoms with Crippen molar-refractivity contribution < 1.29 is 19.5 Å². The maximum atomic E-state index is 11.8. The van der Waals surface area contributed by atoms with Crippen LogP contribution in [0.25, 0.3) is 6.08 Å². The lowest BCUT2D eigenvalue weighted by atomic mass is 10.2. The summed E-state index contributed by atoms with van der Waals surface area (Å²) in [6.07, 6.45) is 1.55. The fourth-order valence-corrected chi connectivity index (χ4v) is 2.58. The SMILES string of the molecule is O=C([O-])CN1C(=O)S/C(=C/c2ccc(Br)cc2)C1=O. The smallest absolute Gasteiger partial charge is 0.293 e. The van der Waals surface area contributed by atoms with Gasteiger partial charge in [0, 0.05) is 4.47 Å². The number of hydrogen-bond donors (Lipinski definition) is 0. The first-order chi connectivity index (χ1) is 8.97. The van der Waals surface area contributed by atoms with Gasteiger partial charge in [0.15, 0.2) is 0 Å². The Morgan fingerprint density at radius 1 is 1.32 bits per heavy atom. The number of benzene rings is 1. The van der Waals surface area contributed by atoms with Crippen LogP contribution in [-0.4, -0.2) is 28.6 Å². The third kappa shape index (κ3) is 3.24. The highest BCUT2D eigenvalue weighted by Crippen LogP contribution is 2.31. The number of carboxylic acid groups (broad SMARTS) is 1. The summed E-state index contributed by atoms with van der Waals surface area (Å²) in [7, 11) is 0. The van der Waals surface area contributed by atoms with Crippen molar-refractivity contribution in [1.82, 2.24) is 4.90 Å². The maximum absolute atomic E-state index is 11.8. The Bertz CT molecular complexity index is 582. The second-order valence-corrected chi connectivity index (χ2v) is 5.60. The van der Waals surface area contributed by atoms with E-state index in [2.05, 4.69) is 15.9 Å². The average Bonchev–Trinajstić information content (AvgIpc) is 2.60. The highest BCUT2D eigenvalue weighted by Gasteiger charge is 2.34. The lowest BCUT2D eigenvalue weighted by Crippen LogP contribution is -2.40. The van der Waals surface area contributed by atoms with Gasteiger partial charge in [-0.2, -0.15) is 0 Å². The molecule has 1 saturated heterocycles. The van der Waals surface area contributed by atoms with Gasteiger partial charge in [-0.3, -0.25) is 14.5 Å². The number of thioether (sulfide) groups is 1. The van der Waals surface area contributed by atoms with E-state index in [0.717, 1.165) is 21.8 Å². The molecule has 0 aliphatic carbocycles. The quantitative estimate of drug-likeness (QED) is 0.773. The first kappa shape index (κ1) is 13.8. The van der Waals surface area contributed by atoms with Gasteiger partial charge in [-0.1, -0.05) is 28.1 Å². The number of carbonyl (C=O) groups is 3. The molecule has 0 saturated carbocycles. The summed E-state index contributed by atoms with van der Waals surface area (Å²) in [6, 6.07) is 7.15. The van der Waals surface area contributed by atoms with Gasteiger partial charge >= 0.3 is 0 Å². The molecule has 0 unspecified atom stereocenters. The molecule has 1 aliphatic heterocycles. The number of imide groups is 1. The van der Waals surface area contributed by atoms with Crippen LogP contribution in [0.4, 0.5) is 4.79 Å². The molecule has 1 aliphatic rings. The predicted molar refractivity (Wildman–Crippen MR) is 71.8 cm³/mol. The van der Waals surface area contributed by atoms with Crippen LogP contribution < -0.4 is 5.11 Å². The van der Waals surface area contributed by atoms with E-state index in [1.54, 1.807) is 30.3 Å². The molecule has 1 fully saturated rings. The van der Waals surface area contributed by atoms with Crippen LogP contribution in [-0.2, 0) is 9.59 Å². The fourth-order valence-electron chi connectivity index (χ4n) is 1.48. The van der Waals surface area contributed by atoms with Crippen molar-refractivity contribution in [3.63, 3.8) is 0 Å². The van der Waals surface area contributed by atoms with Crippen molar-refractivity contribution in [2.75, 3.05) is 6.54 Å². The number of rotatable bonds is 3. The number of carbonyl (C=O) groups excluding carboxylic acids is 3. The molecule has 5 nitrogen and oxygen atoms in total. The minimum absolute atomic E-state index is 0.202. The van der Waals surface area contributed by atoms with E-state index in [1.807, 2.05) is 0 Å². The molecular formula is C12H7BrNO4S-. The van der Waals surface area contributed by atoms with Gasteiger partial charge in [0.25, 0.3) is 11.1 Å². The normalized spacial score (nSPS) is 17.3. The molecule has 0 bridgehead atoms. The largest absolute Gasteiger partial charge is 0.548 e. The van der Waals surface area contributed by atoms with Gasteiger partial charge in [0.05, 0.1) is 17.4 Å². The van der Waals surface area contributed by atoms with Crippen LogP contribution in [0.3, 0.4) is 0 Å². The molecule has 0 spiro atoms. The van der Waals surface area contributed by atoms with Gasteiger partial charge in [-0.05, 0) is 35.5 Å². The third-order valence-electron chi connectivity index (χ3n) is 2.33. The van der Waals surface area contributed by atoms with Crippen LogP contribution in [0.5, 0.6) is 0 Å². The predicted octanol–water partition coefficient (Wildman–Crippen LogP) is 1.24. The van der Waals surface area contributed by atoms with Crippen LogP contribution in [0.1, 0.15) is 5.56 Å². The topological polar surface area (TPSA) is 77.5 Å². The van der Waals surface area contributed by atoms with Crippen LogP contribution in [0.2, 0.25) is 0 Å². The number of halogens is 1. The first-order valence-corrected chi connectivity index (χ1v) is 6.79.